The lowest BCUT2D eigenvalue weighted by Gasteiger charge is -2.43. The Hall–Kier alpha value is -0.660. The van der Waals surface area contributed by atoms with Crippen LogP contribution in [0.5, 0.6) is 0 Å². The van der Waals surface area contributed by atoms with Crippen molar-refractivity contribution in [3.63, 3.8) is 0 Å². The Balaban J connectivity index is 1.33. The molecule has 7 heteroatoms. The van der Waals surface area contributed by atoms with E-state index in [1.165, 1.54) is 51.6 Å². The molecule has 0 aromatic carbocycles. The molecule has 0 radical (unpaired) electrons. The van der Waals surface area contributed by atoms with Crippen LogP contribution in [0, 0.1) is 5.41 Å². The zero-order chi connectivity index (χ0) is 14.5. The molecule has 6 nitrogen and oxygen atoms in total. The smallest absolute Gasteiger partial charge is 0.209 e. The summed E-state index contributed by atoms with van der Waals surface area (Å²) in [5.74, 6) is 1.03. The topological polar surface area (TPSA) is 67.7 Å². The van der Waals surface area contributed by atoms with Gasteiger partial charge in [-0.25, -0.2) is 4.68 Å². The van der Waals surface area contributed by atoms with Gasteiger partial charge in [0.05, 0.1) is 0 Å². The van der Waals surface area contributed by atoms with Crippen molar-refractivity contribution in [2.75, 3.05) is 25.4 Å². The Morgan fingerprint density at radius 2 is 2.05 bits per heavy atom. The molecule has 1 saturated carbocycles. The highest BCUT2D eigenvalue weighted by atomic mass is 32.2. The molecule has 21 heavy (non-hydrogen) atoms. The summed E-state index contributed by atoms with van der Waals surface area (Å²) in [6.45, 7) is 3.48. The first-order valence-electron chi connectivity index (χ1n) is 8.07. The highest BCUT2D eigenvalue weighted by Gasteiger charge is 2.35. The van der Waals surface area contributed by atoms with E-state index in [2.05, 4.69) is 26.2 Å². The van der Waals surface area contributed by atoms with Crippen LogP contribution >= 0.6 is 11.8 Å². The molecule has 0 amide bonds. The van der Waals surface area contributed by atoms with Crippen LogP contribution < -0.4 is 10.6 Å². The fourth-order valence-electron chi connectivity index (χ4n) is 3.64. The monoisotopic (exact) mass is 310 g/mol. The molecule has 2 fully saturated rings. The first-order valence-corrected chi connectivity index (χ1v) is 9.05. The van der Waals surface area contributed by atoms with Crippen molar-refractivity contribution < 1.29 is 0 Å². The predicted molar refractivity (Wildman–Crippen MR) is 84.3 cm³/mol. The van der Waals surface area contributed by atoms with Crippen LogP contribution in [0.25, 0.3) is 0 Å². The maximum Gasteiger partial charge on any atom is 0.209 e. The summed E-state index contributed by atoms with van der Waals surface area (Å²) in [5.41, 5.74) is 0.669. The van der Waals surface area contributed by atoms with Crippen molar-refractivity contribution in [2.45, 2.75) is 49.7 Å². The van der Waals surface area contributed by atoms with Crippen LogP contribution in [0.4, 0.5) is 0 Å². The summed E-state index contributed by atoms with van der Waals surface area (Å²) in [5, 5.41) is 19.6. The van der Waals surface area contributed by atoms with Crippen molar-refractivity contribution in [3.8, 4) is 0 Å². The van der Waals surface area contributed by atoms with Gasteiger partial charge in [-0.3, -0.25) is 0 Å². The molecule has 1 aliphatic carbocycles. The number of rotatable bonds is 5. The molecule has 2 heterocycles. The van der Waals surface area contributed by atoms with Crippen molar-refractivity contribution in [2.24, 2.45) is 12.5 Å². The van der Waals surface area contributed by atoms with Crippen LogP contribution in [0.2, 0.25) is 0 Å². The Morgan fingerprint density at radius 3 is 2.71 bits per heavy atom. The van der Waals surface area contributed by atoms with E-state index in [9.17, 15) is 0 Å². The average molecular weight is 310 g/mol. The normalized spacial score (nSPS) is 22.7. The summed E-state index contributed by atoms with van der Waals surface area (Å²) >= 11 is 1.72. The zero-order valence-electron chi connectivity index (χ0n) is 12.8. The van der Waals surface area contributed by atoms with Gasteiger partial charge < -0.3 is 10.6 Å². The van der Waals surface area contributed by atoms with E-state index in [0.29, 0.717) is 11.5 Å². The largest absolute Gasteiger partial charge is 0.317 e. The quantitative estimate of drug-likeness (QED) is 0.629. The molecule has 1 saturated heterocycles. The van der Waals surface area contributed by atoms with E-state index < -0.39 is 0 Å². The van der Waals surface area contributed by atoms with Crippen LogP contribution in [0.1, 0.15) is 38.5 Å². The van der Waals surface area contributed by atoms with E-state index in [4.69, 9.17) is 0 Å². The van der Waals surface area contributed by atoms with Gasteiger partial charge in [-0.05, 0) is 67.5 Å². The fourth-order valence-corrected chi connectivity index (χ4v) is 4.36. The van der Waals surface area contributed by atoms with E-state index in [1.54, 1.807) is 16.4 Å². The lowest BCUT2D eigenvalue weighted by molar-refractivity contribution is 0.116. The van der Waals surface area contributed by atoms with Crippen molar-refractivity contribution in [1.82, 2.24) is 30.8 Å². The first kappa shape index (κ1) is 15.2. The molecule has 0 bridgehead atoms. The molecule has 2 aliphatic rings. The molecule has 118 valence electrons. The molecule has 1 aromatic heterocycles. The minimum absolute atomic E-state index is 0.669. The number of hydrogen-bond donors (Lipinski definition) is 2. The Kier molecular flexibility index (Phi) is 5.13. The van der Waals surface area contributed by atoms with Crippen molar-refractivity contribution in [1.29, 1.82) is 0 Å². The van der Waals surface area contributed by atoms with Gasteiger partial charge in [0.25, 0.3) is 0 Å². The van der Waals surface area contributed by atoms with E-state index in [-0.39, 0.29) is 0 Å². The Labute approximate surface area is 130 Å². The van der Waals surface area contributed by atoms with Crippen LogP contribution in [-0.4, -0.2) is 51.6 Å². The maximum atomic E-state index is 3.99. The summed E-state index contributed by atoms with van der Waals surface area (Å²) in [4.78, 5) is 0. The van der Waals surface area contributed by atoms with Crippen molar-refractivity contribution >= 4 is 11.8 Å². The van der Waals surface area contributed by atoms with Gasteiger partial charge in [0, 0.05) is 25.4 Å². The number of hydrogen-bond acceptors (Lipinski definition) is 6. The van der Waals surface area contributed by atoms with E-state index in [1.807, 2.05) is 7.05 Å². The molecule has 1 aromatic rings. The number of nitrogens with zero attached hydrogens (tertiary/aromatic N) is 4. The number of tetrazole rings is 1. The van der Waals surface area contributed by atoms with E-state index >= 15 is 0 Å². The minimum atomic E-state index is 0.669. The lowest BCUT2D eigenvalue weighted by Crippen LogP contribution is -2.43. The van der Waals surface area contributed by atoms with Gasteiger partial charge in [0.15, 0.2) is 0 Å². The third kappa shape index (κ3) is 3.96. The Morgan fingerprint density at radius 1 is 1.29 bits per heavy atom. The summed E-state index contributed by atoms with van der Waals surface area (Å²) in [6, 6.07) is 0.712. The summed E-state index contributed by atoms with van der Waals surface area (Å²) in [6.07, 6.45) is 8.27. The summed E-state index contributed by atoms with van der Waals surface area (Å²) < 4.78 is 1.73. The lowest BCUT2D eigenvalue weighted by atomic mass is 9.67. The molecular formula is C14H26N6S. The van der Waals surface area contributed by atoms with Crippen LogP contribution in [0.15, 0.2) is 5.16 Å². The molecule has 3 rings (SSSR count). The van der Waals surface area contributed by atoms with Gasteiger partial charge in [-0.1, -0.05) is 11.8 Å². The van der Waals surface area contributed by atoms with Gasteiger partial charge in [-0.15, -0.1) is 5.10 Å². The minimum Gasteiger partial charge on any atom is -0.317 e. The number of piperidine rings is 1. The number of thioether (sulfide) groups is 1. The number of nitrogens with one attached hydrogen (secondary N) is 2. The highest BCUT2D eigenvalue weighted by molar-refractivity contribution is 7.99. The first-order chi connectivity index (χ1) is 10.3. The van der Waals surface area contributed by atoms with Crippen LogP contribution in [-0.2, 0) is 7.05 Å². The van der Waals surface area contributed by atoms with Gasteiger partial charge >= 0.3 is 0 Å². The molecule has 0 unspecified atom stereocenters. The molecular weight excluding hydrogens is 284 g/mol. The summed E-state index contributed by atoms with van der Waals surface area (Å²) in [7, 11) is 1.88. The van der Waals surface area contributed by atoms with Crippen molar-refractivity contribution in [3.05, 3.63) is 0 Å². The fraction of sp³-hybridized carbons (Fsp3) is 0.929. The highest BCUT2D eigenvalue weighted by Crippen LogP contribution is 2.43. The molecule has 1 aliphatic heterocycles. The third-order valence-electron chi connectivity index (χ3n) is 5.06. The van der Waals surface area contributed by atoms with Gasteiger partial charge in [-0.2, -0.15) is 0 Å². The maximum absolute atomic E-state index is 3.99. The second-order valence-electron chi connectivity index (χ2n) is 6.41. The van der Waals surface area contributed by atoms with Gasteiger partial charge in [0.1, 0.15) is 0 Å². The molecule has 1 spiro atoms. The molecule has 0 atom stereocenters. The second kappa shape index (κ2) is 7.07. The average Bonchev–Trinajstić information content (AvgIpc) is 2.92. The zero-order valence-corrected chi connectivity index (χ0v) is 13.7. The SMILES string of the molecule is Cn1nnnc1SCCNC1CCC2(CCNCC2)CC1. The third-order valence-corrected chi connectivity index (χ3v) is 6.07. The van der Waals surface area contributed by atoms with E-state index in [0.717, 1.165) is 17.5 Å². The number of aryl methyl sites for hydroxylation is 1. The number of aromatic nitrogens is 4. The Bertz CT molecular complexity index is 432. The standard InChI is InChI=1S/C14H26N6S/c1-20-13(17-18-19-20)21-11-10-16-12-2-4-14(5-3-12)6-8-15-9-7-14/h12,15-16H,2-11H2,1H3. The predicted octanol–water partition coefficient (Wildman–Crippen LogP) is 1.20. The second-order valence-corrected chi connectivity index (χ2v) is 7.47. The van der Waals surface area contributed by atoms with Crippen LogP contribution in [0.3, 0.4) is 0 Å². The van der Waals surface area contributed by atoms with Gasteiger partial charge in [0.2, 0.25) is 5.16 Å². The molecule has 2 N–H and O–H groups in total.